The van der Waals surface area contributed by atoms with Crippen molar-refractivity contribution in [2.45, 2.75) is 57.4 Å². The second-order valence-corrected chi connectivity index (χ2v) is 6.18. The van der Waals surface area contributed by atoms with Gasteiger partial charge in [0.15, 0.2) is 0 Å². The van der Waals surface area contributed by atoms with Crippen LogP contribution in [0.5, 0.6) is 0 Å². The number of nitrogens with two attached hydrogens (primary N) is 1. The number of benzene rings is 1. The molecule has 1 aromatic carbocycles. The van der Waals surface area contributed by atoms with Gasteiger partial charge in [0.2, 0.25) is 5.91 Å². The first-order chi connectivity index (χ1) is 9.57. The molecule has 3 heteroatoms. The third-order valence-corrected chi connectivity index (χ3v) is 4.43. The van der Waals surface area contributed by atoms with Crippen LogP contribution in [0.3, 0.4) is 0 Å². The van der Waals surface area contributed by atoms with Gasteiger partial charge in [-0.15, -0.1) is 0 Å². The van der Waals surface area contributed by atoms with E-state index in [-0.39, 0.29) is 17.4 Å². The largest absolute Gasteiger partial charge is 0.354 e. The molecule has 0 heterocycles. The molecule has 3 N–H and O–H groups in total. The molecule has 0 bridgehead atoms. The van der Waals surface area contributed by atoms with Crippen LogP contribution in [0.25, 0.3) is 0 Å². The standard InChI is InChI=1S/C17H26N2O/c1-3-7-15(18)16(20)19-12-17(2)11-6-9-13-8-4-5-10-14(13)17/h4-5,8,10,15H,3,6-7,9,11-12,18H2,1-2H3,(H,19,20). The van der Waals surface area contributed by atoms with Crippen LogP contribution in [0.1, 0.15) is 50.7 Å². The van der Waals surface area contributed by atoms with Gasteiger partial charge in [-0.25, -0.2) is 0 Å². The van der Waals surface area contributed by atoms with E-state index in [9.17, 15) is 4.79 Å². The Labute approximate surface area is 121 Å². The fraction of sp³-hybridized carbons (Fsp3) is 0.588. The zero-order valence-corrected chi connectivity index (χ0v) is 12.6. The minimum atomic E-state index is -0.373. The third kappa shape index (κ3) is 3.21. The highest BCUT2D eigenvalue weighted by Crippen LogP contribution is 2.36. The van der Waals surface area contributed by atoms with Gasteiger partial charge in [0.05, 0.1) is 6.04 Å². The van der Waals surface area contributed by atoms with Crippen molar-refractivity contribution in [1.82, 2.24) is 5.32 Å². The second kappa shape index (κ2) is 6.40. The maximum atomic E-state index is 12.0. The van der Waals surface area contributed by atoms with E-state index >= 15 is 0 Å². The summed E-state index contributed by atoms with van der Waals surface area (Å²) in [5.74, 6) is -0.0175. The smallest absolute Gasteiger partial charge is 0.236 e. The molecule has 3 nitrogen and oxygen atoms in total. The van der Waals surface area contributed by atoms with E-state index in [4.69, 9.17) is 5.73 Å². The molecule has 1 aliphatic carbocycles. The molecule has 110 valence electrons. The van der Waals surface area contributed by atoms with Crippen molar-refractivity contribution in [2.24, 2.45) is 5.73 Å². The average Bonchev–Trinajstić information content (AvgIpc) is 2.46. The lowest BCUT2D eigenvalue weighted by Crippen LogP contribution is -2.46. The van der Waals surface area contributed by atoms with E-state index in [1.165, 1.54) is 17.5 Å². The Morgan fingerprint density at radius 3 is 2.95 bits per heavy atom. The topological polar surface area (TPSA) is 55.1 Å². The lowest BCUT2D eigenvalue weighted by molar-refractivity contribution is -0.122. The molecule has 1 amide bonds. The molecular weight excluding hydrogens is 248 g/mol. The normalized spacial score (nSPS) is 22.9. The fourth-order valence-electron chi connectivity index (χ4n) is 3.17. The Morgan fingerprint density at radius 2 is 2.20 bits per heavy atom. The predicted octanol–water partition coefficient (Wildman–Crippen LogP) is 2.52. The highest BCUT2D eigenvalue weighted by molar-refractivity contribution is 5.81. The number of rotatable bonds is 5. The molecule has 2 atom stereocenters. The molecule has 2 rings (SSSR count). The summed E-state index contributed by atoms with van der Waals surface area (Å²) >= 11 is 0. The molecule has 2 unspecified atom stereocenters. The molecule has 0 aliphatic heterocycles. The van der Waals surface area contributed by atoms with E-state index in [1.807, 2.05) is 6.92 Å². The van der Waals surface area contributed by atoms with Crippen LogP contribution in [0.4, 0.5) is 0 Å². The number of hydrogen-bond donors (Lipinski definition) is 2. The van der Waals surface area contributed by atoms with E-state index < -0.39 is 0 Å². The van der Waals surface area contributed by atoms with Crippen molar-refractivity contribution in [3.05, 3.63) is 35.4 Å². The first kappa shape index (κ1) is 15.0. The van der Waals surface area contributed by atoms with Crippen LogP contribution >= 0.6 is 0 Å². The number of aryl methyl sites for hydroxylation is 1. The summed E-state index contributed by atoms with van der Waals surface area (Å²) in [4.78, 5) is 12.0. The molecule has 0 aromatic heterocycles. The first-order valence-electron chi connectivity index (χ1n) is 7.68. The minimum absolute atomic E-state index is 0.0175. The molecule has 20 heavy (non-hydrogen) atoms. The predicted molar refractivity (Wildman–Crippen MR) is 82.6 cm³/mol. The third-order valence-electron chi connectivity index (χ3n) is 4.43. The molecule has 0 saturated heterocycles. The molecule has 1 aliphatic rings. The van der Waals surface area contributed by atoms with Crippen molar-refractivity contribution in [3.8, 4) is 0 Å². The Balaban J connectivity index is 2.04. The number of carbonyl (C=O) groups is 1. The van der Waals surface area contributed by atoms with Crippen LogP contribution in [0, 0.1) is 0 Å². The number of amides is 1. The molecule has 0 spiro atoms. The highest BCUT2D eigenvalue weighted by atomic mass is 16.2. The Kier molecular flexibility index (Phi) is 4.81. The SMILES string of the molecule is CCCC(N)C(=O)NCC1(C)CCCc2ccccc21. The maximum Gasteiger partial charge on any atom is 0.236 e. The van der Waals surface area contributed by atoms with Gasteiger partial charge in [0.1, 0.15) is 0 Å². The molecular formula is C17H26N2O. The van der Waals surface area contributed by atoms with Crippen molar-refractivity contribution in [1.29, 1.82) is 0 Å². The minimum Gasteiger partial charge on any atom is -0.354 e. The average molecular weight is 274 g/mol. The summed E-state index contributed by atoms with van der Waals surface area (Å²) in [7, 11) is 0. The van der Waals surface area contributed by atoms with Crippen LogP contribution in [0.15, 0.2) is 24.3 Å². The van der Waals surface area contributed by atoms with E-state index in [0.29, 0.717) is 6.54 Å². The number of carbonyl (C=O) groups excluding carboxylic acids is 1. The fourth-order valence-corrected chi connectivity index (χ4v) is 3.17. The van der Waals surface area contributed by atoms with Gasteiger partial charge in [-0.2, -0.15) is 0 Å². The summed E-state index contributed by atoms with van der Waals surface area (Å²) < 4.78 is 0. The summed E-state index contributed by atoms with van der Waals surface area (Å²) in [5.41, 5.74) is 8.72. The Hall–Kier alpha value is -1.35. The Bertz CT molecular complexity index is 472. The van der Waals surface area contributed by atoms with Gasteiger partial charge in [-0.05, 0) is 36.8 Å². The number of nitrogens with one attached hydrogen (secondary N) is 1. The van der Waals surface area contributed by atoms with Crippen molar-refractivity contribution in [2.75, 3.05) is 6.54 Å². The van der Waals surface area contributed by atoms with Gasteiger partial charge in [-0.1, -0.05) is 44.5 Å². The van der Waals surface area contributed by atoms with E-state index in [1.54, 1.807) is 0 Å². The summed E-state index contributed by atoms with van der Waals surface area (Å²) in [6, 6.07) is 8.22. The number of fused-ring (bicyclic) bond motifs is 1. The van der Waals surface area contributed by atoms with E-state index in [0.717, 1.165) is 25.7 Å². The monoisotopic (exact) mass is 274 g/mol. The zero-order chi connectivity index (χ0) is 14.6. The van der Waals surface area contributed by atoms with Crippen LogP contribution in [-0.4, -0.2) is 18.5 Å². The summed E-state index contributed by atoms with van der Waals surface area (Å²) in [6.45, 7) is 4.97. The van der Waals surface area contributed by atoms with Gasteiger partial charge < -0.3 is 11.1 Å². The van der Waals surface area contributed by atoms with Crippen LogP contribution in [0.2, 0.25) is 0 Å². The van der Waals surface area contributed by atoms with Crippen molar-refractivity contribution < 1.29 is 4.79 Å². The first-order valence-corrected chi connectivity index (χ1v) is 7.68. The van der Waals surface area contributed by atoms with Crippen LogP contribution in [-0.2, 0) is 16.6 Å². The van der Waals surface area contributed by atoms with Crippen molar-refractivity contribution >= 4 is 5.91 Å². The molecule has 0 fully saturated rings. The van der Waals surface area contributed by atoms with Gasteiger partial charge in [0, 0.05) is 12.0 Å². The lowest BCUT2D eigenvalue weighted by atomic mass is 9.71. The van der Waals surface area contributed by atoms with Gasteiger partial charge >= 0.3 is 0 Å². The van der Waals surface area contributed by atoms with Crippen LogP contribution < -0.4 is 11.1 Å². The summed E-state index contributed by atoms with van der Waals surface area (Å²) in [6.07, 6.45) is 5.14. The lowest BCUT2D eigenvalue weighted by Gasteiger charge is -2.36. The summed E-state index contributed by atoms with van der Waals surface area (Å²) in [5, 5.41) is 3.05. The molecule has 1 aromatic rings. The highest BCUT2D eigenvalue weighted by Gasteiger charge is 2.32. The number of hydrogen-bond acceptors (Lipinski definition) is 2. The quantitative estimate of drug-likeness (QED) is 0.867. The molecule has 0 radical (unpaired) electrons. The second-order valence-electron chi connectivity index (χ2n) is 6.18. The molecule has 0 saturated carbocycles. The van der Waals surface area contributed by atoms with Gasteiger partial charge in [0.25, 0.3) is 0 Å². The maximum absolute atomic E-state index is 12.0. The Morgan fingerprint density at radius 1 is 1.45 bits per heavy atom. The van der Waals surface area contributed by atoms with Crippen molar-refractivity contribution in [3.63, 3.8) is 0 Å². The van der Waals surface area contributed by atoms with Gasteiger partial charge in [-0.3, -0.25) is 4.79 Å². The van der Waals surface area contributed by atoms with E-state index in [2.05, 4.69) is 36.5 Å². The zero-order valence-electron chi connectivity index (χ0n) is 12.6.